The van der Waals surface area contributed by atoms with Crippen LogP contribution in [0, 0.1) is 0 Å². The van der Waals surface area contributed by atoms with Crippen LogP contribution in [0.25, 0.3) is 0 Å². The van der Waals surface area contributed by atoms with E-state index in [4.69, 9.17) is 31.9 Å². The predicted molar refractivity (Wildman–Crippen MR) is 163 cm³/mol. The highest BCUT2D eigenvalue weighted by Crippen LogP contribution is 2.10. The molecule has 0 aromatic carbocycles. The number of hydrogen-bond donors (Lipinski definition) is 7. The first-order valence-electron chi connectivity index (χ1n) is 15.6. The minimum atomic E-state index is -0.870. The van der Waals surface area contributed by atoms with Gasteiger partial charge in [-0.05, 0) is 64.5 Å². The number of carbonyl (C=O) groups is 5. The number of nitrogens with one attached hydrogen (secondary N) is 1. The van der Waals surface area contributed by atoms with Gasteiger partial charge in [0.15, 0.2) is 0 Å². The Morgan fingerprint density at radius 3 is 1.14 bits per heavy atom. The first kappa shape index (κ1) is 43.7. The number of unbranched alkanes of at least 4 members (excludes halogenated alkanes) is 11. The van der Waals surface area contributed by atoms with E-state index in [0.29, 0.717) is 12.8 Å². The van der Waals surface area contributed by atoms with Gasteiger partial charge >= 0.3 is 23.9 Å². The van der Waals surface area contributed by atoms with Crippen molar-refractivity contribution >= 4 is 29.8 Å². The number of nitrogens with two attached hydrogens (primary N) is 2. The Kier molecular flexibility index (Phi) is 37.8. The fourth-order valence-electron chi connectivity index (χ4n) is 3.71. The molecule has 1 aliphatic rings. The van der Waals surface area contributed by atoms with Crippen LogP contribution in [-0.4, -0.2) is 69.8 Å². The van der Waals surface area contributed by atoms with Crippen LogP contribution in [0.4, 0.5) is 0 Å². The van der Waals surface area contributed by atoms with E-state index in [0.717, 1.165) is 103 Å². The third-order valence-electron chi connectivity index (χ3n) is 6.12. The SMILES string of the molecule is NCCCCCCN.O=C(O)CCCCC(=O)O.O=C(O)CCCCCCCCCCC(=O)O.O=C1CCCCCN1. The lowest BCUT2D eigenvalue weighted by Gasteiger charge is -2.00. The van der Waals surface area contributed by atoms with Crippen LogP contribution >= 0.6 is 0 Å². The van der Waals surface area contributed by atoms with Crippen LogP contribution in [0.1, 0.15) is 141 Å². The van der Waals surface area contributed by atoms with E-state index in [2.05, 4.69) is 5.32 Å². The standard InChI is InChI=1S/C12H22O4.C6H16N2.C6H11NO.C6H10O4/c13-11(14)9-7-5-3-1-2-4-6-8-10-12(15)16;7-5-3-1-2-4-6-8;8-6-4-2-1-3-5-7-6;7-5(8)3-1-2-4-6(9)10/h1-10H2,(H,13,14)(H,15,16);1-8H2;1-5H2,(H,7,8);1-4H2,(H,7,8)(H,9,10). The number of carbonyl (C=O) groups excluding carboxylic acids is 1. The summed E-state index contributed by atoms with van der Waals surface area (Å²) >= 11 is 0. The van der Waals surface area contributed by atoms with Crippen molar-refractivity contribution in [1.82, 2.24) is 5.32 Å². The Balaban J connectivity index is -0.000000507. The molecule has 0 atom stereocenters. The summed E-state index contributed by atoms with van der Waals surface area (Å²) in [6.07, 6.45) is 18.5. The molecule has 12 heteroatoms. The molecule has 1 saturated heterocycles. The molecule has 42 heavy (non-hydrogen) atoms. The van der Waals surface area contributed by atoms with Gasteiger partial charge in [0, 0.05) is 38.6 Å². The molecule has 12 nitrogen and oxygen atoms in total. The van der Waals surface area contributed by atoms with E-state index < -0.39 is 23.9 Å². The second kappa shape index (κ2) is 36.3. The summed E-state index contributed by atoms with van der Waals surface area (Å²) < 4.78 is 0. The Hall–Kier alpha value is -2.73. The van der Waals surface area contributed by atoms with Crippen LogP contribution in [0.2, 0.25) is 0 Å². The van der Waals surface area contributed by atoms with Gasteiger partial charge in [-0.3, -0.25) is 24.0 Å². The predicted octanol–water partition coefficient (Wildman–Crippen LogP) is 4.91. The lowest BCUT2D eigenvalue weighted by Crippen LogP contribution is -2.21. The molecule has 0 spiro atoms. The van der Waals surface area contributed by atoms with Crippen molar-refractivity contribution in [3.05, 3.63) is 0 Å². The van der Waals surface area contributed by atoms with Gasteiger partial charge in [0.25, 0.3) is 0 Å². The van der Waals surface area contributed by atoms with Crippen LogP contribution in [0.5, 0.6) is 0 Å². The van der Waals surface area contributed by atoms with Crippen molar-refractivity contribution in [2.45, 2.75) is 141 Å². The van der Waals surface area contributed by atoms with Gasteiger partial charge < -0.3 is 37.2 Å². The van der Waals surface area contributed by atoms with Crippen LogP contribution in [-0.2, 0) is 24.0 Å². The topological polar surface area (TPSA) is 230 Å². The quantitative estimate of drug-likeness (QED) is 0.0868. The van der Waals surface area contributed by atoms with Crippen molar-refractivity contribution in [1.29, 1.82) is 0 Å². The van der Waals surface area contributed by atoms with Gasteiger partial charge in [-0.25, -0.2) is 0 Å². The summed E-state index contributed by atoms with van der Waals surface area (Å²) in [5.41, 5.74) is 10.6. The zero-order valence-corrected chi connectivity index (χ0v) is 25.7. The normalized spacial score (nSPS) is 12.1. The Morgan fingerprint density at radius 2 is 0.810 bits per heavy atom. The van der Waals surface area contributed by atoms with E-state index in [1.54, 1.807) is 0 Å². The lowest BCUT2D eigenvalue weighted by molar-refractivity contribution is -0.139. The van der Waals surface area contributed by atoms with Gasteiger partial charge in [0.2, 0.25) is 5.91 Å². The van der Waals surface area contributed by atoms with E-state index in [1.807, 2.05) is 0 Å². The van der Waals surface area contributed by atoms with E-state index in [9.17, 15) is 24.0 Å². The van der Waals surface area contributed by atoms with Gasteiger partial charge in [-0.1, -0.05) is 57.8 Å². The van der Waals surface area contributed by atoms with Gasteiger partial charge in [0.05, 0.1) is 0 Å². The van der Waals surface area contributed by atoms with Gasteiger partial charge in [-0.2, -0.15) is 0 Å². The van der Waals surface area contributed by atoms with Crippen molar-refractivity contribution in [2.75, 3.05) is 19.6 Å². The highest BCUT2D eigenvalue weighted by molar-refractivity contribution is 5.75. The molecule has 0 aliphatic carbocycles. The molecule has 1 rings (SSSR count). The largest absolute Gasteiger partial charge is 0.481 e. The minimum absolute atomic E-state index is 0.0628. The molecule has 9 N–H and O–H groups in total. The highest BCUT2D eigenvalue weighted by Gasteiger charge is 2.03. The van der Waals surface area contributed by atoms with Crippen molar-refractivity contribution in [3.63, 3.8) is 0 Å². The molecule has 248 valence electrons. The second-order valence-corrected chi connectivity index (χ2v) is 10.3. The molecule has 1 aliphatic heterocycles. The number of aliphatic carboxylic acids is 4. The number of rotatable bonds is 21. The van der Waals surface area contributed by atoms with E-state index >= 15 is 0 Å². The third-order valence-corrected chi connectivity index (χ3v) is 6.12. The summed E-state index contributed by atoms with van der Waals surface area (Å²) in [5.74, 6) is -2.94. The number of carboxylic acid groups (broad SMARTS) is 4. The van der Waals surface area contributed by atoms with Gasteiger partial charge in [-0.15, -0.1) is 0 Å². The Bertz CT molecular complexity index is 622. The average molecular weight is 606 g/mol. The Labute approximate surface area is 252 Å². The van der Waals surface area contributed by atoms with E-state index in [1.165, 1.54) is 19.3 Å². The smallest absolute Gasteiger partial charge is 0.303 e. The van der Waals surface area contributed by atoms with Crippen molar-refractivity contribution < 1.29 is 44.4 Å². The number of hydrogen-bond acceptors (Lipinski definition) is 7. The van der Waals surface area contributed by atoms with Gasteiger partial charge in [0.1, 0.15) is 0 Å². The average Bonchev–Trinajstić information content (AvgIpc) is 3.18. The molecule has 0 unspecified atom stereocenters. The van der Waals surface area contributed by atoms with Crippen LogP contribution < -0.4 is 16.8 Å². The molecule has 0 radical (unpaired) electrons. The summed E-state index contributed by atoms with van der Waals surface area (Å²) in [7, 11) is 0. The molecule has 0 bridgehead atoms. The zero-order valence-electron chi connectivity index (χ0n) is 25.7. The van der Waals surface area contributed by atoms with Crippen LogP contribution in [0.15, 0.2) is 0 Å². The summed E-state index contributed by atoms with van der Waals surface area (Å²) in [6.45, 7) is 2.54. The molecular formula is C30H59N3O9. The molecule has 0 aromatic heterocycles. The van der Waals surface area contributed by atoms with E-state index in [-0.39, 0.29) is 31.6 Å². The minimum Gasteiger partial charge on any atom is -0.481 e. The highest BCUT2D eigenvalue weighted by atomic mass is 16.4. The summed E-state index contributed by atoms with van der Waals surface area (Å²) in [5, 5.41) is 35.9. The second-order valence-electron chi connectivity index (χ2n) is 10.3. The Morgan fingerprint density at radius 1 is 0.500 bits per heavy atom. The molecule has 1 amide bonds. The first-order chi connectivity index (χ1) is 20.1. The maximum Gasteiger partial charge on any atom is 0.303 e. The van der Waals surface area contributed by atoms with Crippen molar-refractivity contribution in [3.8, 4) is 0 Å². The molecule has 0 aromatic rings. The maximum absolute atomic E-state index is 10.6. The van der Waals surface area contributed by atoms with Crippen molar-refractivity contribution in [2.24, 2.45) is 11.5 Å². The molecular weight excluding hydrogens is 546 g/mol. The maximum atomic E-state index is 10.6. The third kappa shape index (κ3) is 50.1. The fraction of sp³-hybridized carbons (Fsp3) is 0.833. The summed E-state index contributed by atoms with van der Waals surface area (Å²) in [4.78, 5) is 50.8. The zero-order chi connectivity index (χ0) is 32.3. The first-order valence-corrected chi connectivity index (χ1v) is 15.6. The molecule has 1 heterocycles. The fourth-order valence-corrected chi connectivity index (χ4v) is 3.71. The lowest BCUT2D eigenvalue weighted by atomic mass is 10.1. The monoisotopic (exact) mass is 605 g/mol. The number of amides is 1. The van der Waals surface area contributed by atoms with Crippen LogP contribution in [0.3, 0.4) is 0 Å². The number of carboxylic acids is 4. The summed E-state index contributed by atoms with van der Waals surface area (Å²) in [6, 6.07) is 0. The molecule has 1 fully saturated rings. The molecule has 0 saturated carbocycles.